The number of thiazole rings is 1. The average Bonchev–Trinajstić information content (AvgIpc) is 2.89. The highest BCUT2D eigenvalue weighted by molar-refractivity contribution is 7.09. The van der Waals surface area contributed by atoms with Crippen LogP contribution in [0.25, 0.3) is 6.08 Å². The number of aryl methyl sites for hydroxylation is 1. The summed E-state index contributed by atoms with van der Waals surface area (Å²) < 4.78 is 0. The summed E-state index contributed by atoms with van der Waals surface area (Å²) in [5.74, 6) is 0.797. The Balaban J connectivity index is 1.72. The first-order valence-electron chi connectivity index (χ1n) is 7.66. The van der Waals surface area contributed by atoms with Crippen LogP contribution in [-0.4, -0.2) is 41.5 Å². The smallest absolute Gasteiger partial charge is 0.244 e. The van der Waals surface area contributed by atoms with Gasteiger partial charge in [0.1, 0.15) is 0 Å². The molecule has 1 unspecified atom stereocenters. The standard InChI is InChI=1S/C16H25N3OS/c1-12-6-8-19(9-7-12)13(2)10-17-16(20)5-4-15-11-21-14(3)18-15/h4-5,11-13H,6-10H2,1-3H3,(H,17,20)/b5-4+. The number of rotatable bonds is 5. The predicted octanol–water partition coefficient (Wildman–Crippen LogP) is 2.70. The van der Waals surface area contributed by atoms with Crippen LogP contribution in [0.4, 0.5) is 0 Å². The van der Waals surface area contributed by atoms with Crippen LogP contribution >= 0.6 is 11.3 Å². The van der Waals surface area contributed by atoms with E-state index in [-0.39, 0.29) is 5.91 Å². The van der Waals surface area contributed by atoms with Gasteiger partial charge in [0, 0.05) is 24.0 Å². The first-order valence-corrected chi connectivity index (χ1v) is 8.54. The van der Waals surface area contributed by atoms with Gasteiger partial charge in [0.15, 0.2) is 0 Å². The molecule has 0 radical (unpaired) electrons. The van der Waals surface area contributed by atoms with Crippen LogP contribution in [0.5, 0.6) is 0 Å². The van der Waals surface area contributed by atoms with Crippen LogP contribution < -0.4 is 5.32 Å². The third-order valence-electron chi connectivity index (χ3n) is 4.06. The first-order chi connectivity index (χ1) is 10.0. The van der Waals surface area contributed by atoms with Gasteiger partial charge in [-0.1, -0.05) is 6.92 Å². The molecule has 2 rings (SSSR count). The van der Waals surface area contributed by atoms with E-state index in [0.717, 1.165) is 29.7 Å². The minimum Gasteiger partial charge on any atom is -0.351 e. The highest BCUT2D eigenvalue weighted by Gasteiger charge is 2.20. The Kier molecular flexibility index (Phi) is 5.94. The van der Waals surface area contributed by atoms with Crippen molar-refractivity contribution in [3.05, 3.63) is 22.2 Å². The maximum absolute atomic E-state index is 11.8. The lowest BCUT2D eigenvalue weighted by molar-refractivity contribution is -0.116. The summed E-state index contributed by atoms with van der Waals surface area (Å²) >= 11 is 1.59. The molecule has 21 heavy (non-hydrogen) atoms. The fourth-order valence-electron chi connectivity index (χ4n) is 2.52. The Hall–Kier alpha value is -1.20. The number of nitrogens with one attached hydrogen (secondary N) is 1. The van der Waals surface area contributed by atoms with Crippen LogP contribution in [0.2, 0.25) is 0 Å². The number of hydrogen-bond acceptors (Lipinski definition) is 4. The van der Waals surface area contributed by atoms with E-state index in [9.17, 15) is 4.79 Å². The van der Waals surface area contributed by atoms with Crippen LogP contribution in [0.3, 0.4) is 0 Å². The highest BCUT2D eigenvalue weighted by atomic mass is 32.1. The SMILES string of the molecule is Cc1nc(/C=C/C(=O)NCC(C)N2CCC(C)CC2)cs1. The Labute approximate surface area is 131 Å². The maximum Gasteiger partial charge on any atom is 0.244 e. The second-order valence-corrected chi connectivity index (χ2v) is 7.00. The van der Waals surface area contributed by atoms with Crippen molar-refractivity contribution in [1.29, 1.82) is 0 Å². The number of aromatic nitrogens is 1. The third kappa shape index (κ3) is 5.25. The van der Waals surface area contributed by atoms with Gasteiger partial charge in [0.25, 0.3) is 0 Å². The second-order valence-electron chi connectivity index (χ2n) is 5.94. The van der Waals surface area contributed by atoms with E-state index in [4.69, 9.17) is 0 Å². The van der Waals surface area contributed by atoms with Gasteiger partial charge in [-0.3, -0.25) is 9.69 Å². The lowest BCUT2D eigenvalue weighted by atomic mass is 9.98. The molecule has 1 aliphatic rings. The number of likely N-dealkylation sites (tertiary alicyclic amines) is 1. The van der Waals surface area contributed by atoms with Gasteiger partial charge in [-0.05, 0) is 51.8 Å². The summed E-state index contributed by atoms with van der Waals surface area (Å²) in [5, 5.41) is 5.95. The number of carbonyl (C=O) groups is 1. The zero-order chi connectivity index (χ0) is 15.2. The van der Waals surface area contributed by atoms with Crippen molar-refractivity contribution in [1.82, 2.24) is 15.2 Å². The molecule has 1 atom stereocenters. The molecule has 1 saturated heterocycles. The first kappa shape index (κ1) is 16.2. The molecular formula is C16H25N3OS. The molecule has 2 heterocycles. The number of nitrogens with zero attached hydrogens (tertiary/aromatic N) is 2. The van der Waals surface area contributed by atoms with Gasteiger partial charge in [0.2, 0.25) is 5.91 Å². The molecule has 1 fully saturated rings. The molecule has 0 spiro atoms. The fourth-order valence-corrected chi connectivity index (χ4v) is 3.10. The molecule has 1 aromatic heterocycles. The van der Waals surface area contributed by atoms with Gasteiger partial charge in [-0.15, -0.1) is 11.3 Å². The van der Waals surface area contributed by atoms with Crippen molar-refractivity contribution in [2.24, 2.45) is 5.92 Å². The molecule has 0 bridgehead atoms. The summed E-state index contributed by atoms with van der Waals surface area (Å²) in [6.45, 7) is 9.45. The molecule has 1 aromatic rings. The minimum atomic E-state index is -0.0436. The third-order valence-corrected chi connectivity index (χ3v) is 4.85. The fraction of sp³-hybridized carbons (Fsp3) is 0.625. The quantitative estimate of drug-likeness (QED) is 0.851. The molecule has 4 nitrogen and oxygen atoms in total. The molecular weight excluding hydrogens is 282 g/mol. The lowest BCUT2D eigenvalue weighted by Gasteiger charge is -2.34. The van der Waals surface area contributed by atoms with Crippen molar-refractivity contribution in [3.63, 3.8) is 0 Å². The van der Waals surface area contributed by atoms with Crippen molar-refractivity contribution in [2.75, 3.05) is 19.6 Å². The molecule has 116 valence electrons. The van der Waals surface area contributed by atoms with Crippen molar-refractivity contribution < 1.29 is 4.79 Å². The molecule has 5 heteroatoms. The van der Waals surface area contributed by atoms with Crippen LogP contribution in [-0.2, 0) is 4.79 Å². The van der Waals surface area contributed by atoms with Gasteiger partial charge in [0.05, 0.1) is 10.7 Å². The lowest BCUT2D eigenvalue weighted by Crippen LogP contribution is -2.45. The molecule has 0 aliphatic carbocycles. The van der Waals surface area contributed by atoms with E-state index in [1.54, 1.807) is 23.5 Å². The normalized spacial score (nSPS) is 19.0. The Bertz CT molecular complexity index is 489. The zero-order valence-electron chi connectivity index (χ0n) is 13.1. The molecule has 0 saturated carbocycles. The van der Waals surface area contributed by atoms with E-state index in [1.165, 1.54) is 12.8 Å². The Morgan fingerprint density at radius 3 is 2.90 bits per heavy atom. The van der Waals surface area contributed by atoms with Crippen LogP contribution in [0.1, 0.15) is 37.4 Å². The number of amides is 1. The number of piperidine rings is 1. The van der Waals surface area contributed by atoms with Gasteiger partial charge in [-0.25, -0.2) is 4.98 Å². The van der Waals surface area contributed by atoms with E-state index in [2.05, 4.69) is 29.0 Å². The Morgan fingerprint density at radius 2 is 2.29 bits per heavy atom. The zero-order valence-corrected chi connectivity index (χ0v) is 13.9. The summed E-state index contributed by atoms with van der Waals surface area (Å²) in [6, 6.07) is 0.399. The molecule has 0 aromatic carbocycles. The second kappa shape index (κ2) is 7.71. The number of hydrogen-bond donors (Lipinski definition) is 1. The topological polar surface area (TPSA) is 45.2 Å². The minimum absolute atomic E-state index is 0.0436. The largest absolute Gasteiger partial charge is 0.351 e. The highest BCUT2D eigenvalue weighted by Crippen LogP contribution is 2.17. The molecule has 1 amide bonds. The van der Waals surface area contributed by atoms with Gasteiger partial charge in [-0.2, -0.15) is 0 Å². The Morgan fingerprint density at radius 1 is 1.57 bits per heavy atom. The van der Waals surface area contributed by atoms with E-state index in [1.807, 2.05) is 12.3 Å². The van der Waals surface area contributed by atoms with Crippen LogP contribution in [0, 0.1) is 12.8 Å². The van der Waals surface area contributed by atoms with E-state index >= 15 is 0 Å². The molecule has 1 N–H and O–H groups in total. The van der Waals surface area contributed by atoms with Crippen molar-refractivity contribution >= 4 is 23.3 Å². The predicted molar refractivity (Wildman–Crippen MR) is 88.3 cm³/mol. The summed E-state index contributed by atoms with van der Waals surface area (Å²) in [7, 11) is 0. The van der Waals surface area contributed by atoms with E-state index in [0.29, 0.717) is 12.6 Å². The van der Waals surface area contributed by atoms with E-state index < -0.39 is 0 Å². The van der Waals surface area contributed by atoms with Crippen molar-refractivity contribution in [3.8, 4) is 0 Å². The monoisotopic (exact) mass is 307 g/mol. The molecule has 1 aliphatic heterocycles. The summed E-state index contributed by atoms with van der Waals surface area (Å²) in [5.41, 5.74) is 0.853. The van der Waals surface area contributed by atoms with Crippen molar-refractivity contribution in [2.45, 2.75) is 39.7 Å². The summed E-state index contributed by atoms with van der Waals surface area (Å²) in [4.78, 5) is 18.6. The maximum atomic E-state index is 11.8. The number of carbonyl (C=O) groups excluding carboxylic acids is 1. The summed E-state index contributed by atoms with van der Waals surface area (Å²) in [6.07, 6.45) is 5.87. The average molecular weight is 307 g/mol. The van der Waals surface area contributed by atoms with Gasteiger partial charge >= 0.3 is 0 Å². The van der Waals surface area contributed by atoms with Crippen LogP contribution in [0.15, 0.2) is 11.5 Å². The van der Waals surface area contributed by atoms with Gasteiger partial charge < -0.3 is 5.32 Å².